The van der Waals surface area contributed by atoms with Gasteiger partial charge in [-0.25, -0.2) is 0 Å². The van der Waals surface area contributed by atoms with Crippen molar-refractivity contribution >= 4 is 5.97 Å². The predicted molar refractivity (Wildman–Crippen MR) is 43.6 cm³/mol. The topological polar surface area (TPSA) is 37.3 Å². The maximum atomic E-state index is 11.1. The van der Waals surface area contributed by atoms with E-state index in [9.17, 15) is 9.90 Å². The molecule has 2 nitrogen and oxygen atoms in total. The molecule has 0 heterocycles. The largest absolute Gasteiger partial charge is 0.481 e. The molecule has 0 aromatic carbocycles. The molecule has 5 aliphatic rings. The molecular weight excluding hydrogens is 152 g/mol. The van der Waals surface area contributed by atoms with Gasteiger partial charge in [0.05, 0.1) is 5.41 Å². The number of carboxylic acid groups (broad SMARTS) is 1. The summed E-state index contributed by atoms with van der Waals surface area (Å²) in [5.74, 6) is -0.0243. The van der Waals surface area contributed by atoms with E-state index in [0.717, 1.165) is 19.3 Å². The number of carboxylic acids is 1. The molecule has 5 saturated carbocycles. The Labute approximate surface area is 72.0 Å². The van der Waals surface area contributed by atoms with Crippen LogP contribution in [-0.4, -0.2) is 11.1 Å². The minimum Gasteiger partial charge on any atom is -0.481 e. The smallest absolute Gasteiger partial charge is 0.310 e. The standard InChI is InChI=1S/C10H14O2/c1-8-5-10(7(11)12)6(8)3-4-9(8,10)2/h6H,3-5H2,1-2H3,(H,11,12)/t6-,8-,9-,10+/m0/s1. The van der Waals surface area contributed by atoms with Crippen LogP contribution in [0.15, 0.2) is 0 Å². The Bertz CT molecular complexity index is 298. The molecule has 0 aromatic rings. The van der Waals surface area contributed by atoms with Crippen molar-refractivity contribution in [3.63, 3.8) is 0 Å². The number of hydrogen-bond acceptors (Lipinski definition) is 1. The summed E-state index contributed by atoms with van der Waals surface area (Å²) in [6.45, 7) is 4.45. The Hall–Kier alpha value is -0.530. The van der Waals surface area contributed by atoms with E-state index < -0.39 is 5.97 Å². The van der Waals surface area contributed by atoms with E-state index >= 15 is 0 Å². The highest BCUT2D eigenvalue weighted by atomic mass is 16.4. The van der Waals surface area contributed by atoms with E-state index in [4.69, 9.17) is 0 Å². The third-order valence-corrected chi connectivity index (χ3v) is 5.57. The minimum absolute atomic E-state index is 0.149. The lowest BCUT2D eigenvalue weighted by Crippen LogP contribution is -2.80. The van der Waals surface area contributed by atoms with Crippen molar-refractivity contribution in [3.05, 3.63) is 0 Å². The van der Waals surface area contributed by atoms with E-state index in [-0.39, 0.29) is 10.8 Å². The van der Waals surface area contributed by atoms with Crippen LogP contribution in [0.4, 0.5) is 0 Å². The van der Waals surface area contributed by atoms with E-state index in [0.29, 0.717) is 11.3 Å². The fourth-order valence-corrected chi connectivity index (χ4v) is 4.69. The Morgan fingerprint density at radius 2 is 2.17 bits per heavy atom. The molecule has 0 amide bonds. The Balaban J connectivity index is 2.12. The fourth-order valence-electron chi connectivity index (χ4n) is 4.69. The number of aliphatic carboxylic acids is 1. The van der Waals surface area contributed by atoms with Gasteiger partial charge in [0.25, 0.3) is 0 Å². The van der Waals surface area contributed by atoms with Crippen molar-refractivity contribution in [2.75, 3.05) is 0 Å². The van der Waals surface area contributed by atoms with Gasteiger partial charge in [0.1, 0.15) is 0 Å². The fraction of sp³-hybridized carbons (Fsp3) is 0.900. The van der Waals surface area contributed by atoms with Crippen LogP contribution < -0.4 is 0 Å². The third kappa shape index (κ3) is 0.301. The zero-order chi connectivity index (χ0) is 8.78. The summed E-state index contributed by atoms with van der Waals surface area (Å²) >= 11 is 0. The van der Waals surface area contributed by atoms with Gasteiger partial charge in [0.2, 0.25) is 0 Å². The van der Waals surface area contributed by atoms with Crippen LogP contribution in [-0.2, 0) is 4.79 Å². The van der Waals surface area contributed by atoms with Crippen LogP contribution >= 0.6 is 0 Å². The monoisotopic (exact) mass is 166 g/mol. The molecule has 5 rings (SSSR count). The van der Waals surface area contributed by atoms with Crippen molar-refractivity contribution in [2.24, 2.45) is 22.2 Å². The molecule has 0 aliphatic heterocycles. The first-order valence-corrected chi connectivity index (χ1v) is 4.72. The quantitative estimate of drug-likeness (QED) is 0.646. The predicted octanol–water partition coefficient (Wildman–Crippen LogP) is 1.90. The van der Waals surface area contributed by atoms with Gasteiger partial charge in [-0.2, -0.15) is 0 Å². The van der Waals surface area contributed by atoms with Gasteiger partial charge in [-0.15, -0.1) is 0 Å². The Kier molecular flexibility index (Phi) is 0.774. The van der Waals surface area contributed by atoms with E-state index in [2.05, 4.69) is 13.8 Å². The number of fused-ring (bicyclic) bond motifs is 1. The highest BCUT2D eigenvalue weighted by Crippen LogP contribution is 2.93. The van der Waals surface area contributed by atoms with Crippen LogP contribution in [0.1, 0.15) is 33.1 Å². The van der Waals surface area contributed by atoms with E-state index in [1.54, 1.807) is 0 Å². The van der Waals surface area contributed by atoms with Crippen molar-refractivity contribution in [1.29, 1.82) is 0 Å². The molecule has 2 heteroatoms. The summed E-state index contributed by atoms with van der Waals surface area (Å²) in [4.78, 5) is 11.1. The van der Waals surface area contributed by atoms with Crippen LogP contribution in [0, 0.1) is 22.2 Å². The molecule has 4 bridgehead atoms. The second-order valence-electron chi connectivity index (χ2n) is 5.29. The Morgan fingerprint density at radius 1 is 1.50 bits per heavy atom. The summed E-state index contributed by atoms with van der Waals surface area (Å²) < 4.78 is 0. The van der Waals surface area contributed by atoms with Gasteiger partial charge >= 0.3 is 5.97 Å². The van der Waals surface area contributed by atoms with Crippen LogP contribution in [0.3, 0.4) is 0 Å². The minimum atomic E-state index is -0.531. The molecule has 0 unspecified atom stereocenters. The van der Waals surface area contributed by atoms with Crippen LogP contribution in [0.5, 0.6) is 0 Å². The first kappa shape index (κ1) is 6.93. The lowest BCUT2D eigenvalue weighted by Gasteiger charge is -2.80. The molecule has 12 heavy (non-hydrogen) atoms. The third-order valence-electron chi connectivity index (χ3n) is 5.57. The maximum absolute atomic E-state index is 11.1. The second-order valence-corrected chi connectivity index (χ2v) is 5.29. The normalized spacial score (nSPS) is 65.3. The zero-order valence-electron chi connectivity index (χ0n) is 7.55. The summed E-state index contributed by atoms with van der Waals surface area (Å²) in [6.07, 6.45) is 3.23. The molecule has 0 saturated heterocycles. The summed E-state index contributed by atoms with van der Waals surface area (Å²) in [6, 6.07) is 0. The van der Waals surface area contributed by atoms with Gasteiger partial charge in [-0.1, -0.05) is 13.8 Å². The van der Waals surface area contributed by atoms with Gasteiger partial charge < -0.3 is 5.11 Å². The van der Waals surface area contributed by atoms with Gasteiger partial charge in [0.15, 0.2) is 0 Å². The summed E-state index contributed by atoms with van der Waals surface area (Å²) in [7, 11) is 0. The number of rotatable bonds is 1. The molecule has 1 N–H and O–H groups in total. The molecular formula is C10H14O2. The second kappa shape index (κ2) is 1.34. The molecule has 5 aliphatic carbocycles. The SMILES string of the molecule is C[C@]12CC[C@H]3[C@]1(C)C[C@]32C(=O)O. The lowest BCUT2D eigenvalue weighted by molar-refractivity contribution is -0.336. The zero-order valence-corrected chi connectivity index (χ0v) is 7.55. The number of hydrogen-bond donors (Lipinski definition) is 1. The van der Waals surface area contributed by atoms with E-state index in [1.165, 1.54) is 0 Å². The van der Waals surface area contributed by atoms with Crippen molar-refractivity contribution in [1.82, 2.24) is 0 Å². The molecule has 5 fully saturated rings. The Morgan fingerprint density at radius 3 is 2.42 bits per heavy atom. The van der Waals surface area contributed by atoms with Gasteiger partial charge in [-0.3, -0.25) is 4.79 Å². The number of carbonyl (C=O) groups is 1. The maximum Gasteiger partial charge on any atom is 0.310 e. The highest BCUT2D eigenvalue weighted by Gasteiger charge is 2.91. The molecule has 0 spiro atoms. The van der Waals surface area contributed by atoms with E-state index in [1.807, 2.05) is 0 Å². The molecule has 4 atom stereocenters. The first-order chi connectivity index (χ1) is 5.49. The van der Waals surface area contributed by atoms with Crippen molar-refractivity contribution in [2.45, 2.75) is 33.1 Å². The highest BCUT2D eigenvalue weighted by molar-refractivity contribution is 5.83. The first-order valence-electron chi connectivity index (χ1n) is 4.72. The van der Waals surface area contributed by atoms with Gasteiger partial charge in [-0.05, 0) is 36.0 Å². The van der Waals surface area contributed by atoms with Crippen molar-refractivity contribution in [3.8, 4) is 0 Å². The van der Waals surface area contributed by atoms with Gasteiger partial charge in [0, 0.05) is 0 Å². The van der Waals surface area contributed by atoms with Crippen LogP contribution in [0.2, 0.25) is 0 Å². The summed E-state index contributed by atoms with van der Waals surface area (Å²) in [5, 5.41) is 9.19. The van der Waals surface area contributed by atoms with Crippen LogP contribution in [0.25, 0.3) is 0 Å². The summed E-state index contributed by atoms with van der Waals surface area (Å²) in [5.41, 5.74) is 0.254. The molecule has 0 radical (unpaired) electrons. The average Bonchev–Trinajstić information content (AvgIpc) is 2.33. The molecule has 0 aromatic heterocycles. The van der Waals surface area contributed by atoms with Crippen molar-refractivity contribution < 1.29 is 9.90 Å². The average molecular weight is 166 g/mol. The molecule has 66 valence electrons. The lowest BCUT2D eigenvalue weighted by atomic mass is 9.22.